The molecule has 17 heavy (non-hydrogen) atoms. The molecule has 1 rings (SSSR count). The highest BCUT2D eigenvalue weighted by molar-refractivity contribution is 5.20. The summed E-state index contributed by atoms with van der Waals surface area (Å²) < 4.78 is 0. The van der Waals surface area contributed by atoms with Crippen molar-refractivity contribution >= 4 is 0 Å². The second kappa shape index (κ2) is 7.86. The lowest BCUT2D eigenvalue weighted by Gasteiger charge is -2.15. The van der Waals surface area contributed by atoms with Gasteiger partial charge in [-0.05, 0) is 44.7 Å². The lowest BCUT2D eigenvalue weighted by molar-refractivity contribution is 0.535. The van der Waals surface area contributed by atoms with E-state index in [1.54, 1.807) is 0 Å². The molecule has 92 valence electrons. The van der Waals surface area contributed by atoms with Gasteiger partial charge in [-0.15, -0.1) is 0 Å². The van der Waals surface area contributed by atoms with Crippen LogP contribution in [0.4, 0.5) is 0 Å². The summed E-state index contributed by atoms with van der Waals surface area (Å²) in [5, 5.41) is 0. The van der Waals surface area contributed by atoms with Crippen LogP contribution in [0.1, 0.15) is 25.8 Å². The summed E-state index contributed by atoms with van der Waals surface area (Å²) in [6.45, 7) is 4.88. The fraction of sp³-hybridized carbons (Fsp3) is 0.375. The van der Waals surface area contributed by atoms with Gasteiger partial charge < -0.3 is 5.73 Å². The molecule has 0 saturated heterocycles. The van der Waals surface area contributed by atoms with Gasteiger partial charge in [-0.25, -0.2) is 0 Å². The molecule has 1 heteroatoms. The number of hydrogen-bond donors (Lipinski definition) is 1. The molecule has 0 aromatic heterocycles. The number of hydrogen-bond acceptors (Lipinski definition) is 1. The van der Waals surface area contributed by atoms with Crippen LogP contribution in [0.3, 0.4) is 0 Å². The average molecular weight is 229 g/mol. The van der Waals surface area contributed by atoms with Gasteiger partial charge >= 0.3 is 0 Å². The molecule has 1 aromatic rings. The van der Waals surface area contributed by atoms with Gasteiger partial charge in [-0.2, -0.15) is 0 Å². The average Bonchev–Trinajstić information content (AvgIpc) is 2.38. The predicted octanol–water partition coefficient (Wildman–Crippen LogP) is 3.72. The molecule has 0 aliphatic rings. The molecule has 0 heterocycles. The van der Waals surface area contributed by atoms with Gasteiger partial charge in [-0.3, -0.25) is 0 Å². The van der Waals surface area contributed by atoms with E-state index in [-0.39, 0.29) is 0 Å². The van der Waals surface area contributed by atoms with E-state index in [1.807, 2.05) is 0 Å². The molecule has 0 fully saturated rings. The van der Waals surface area contributed by atoms with Crippen LogP contribution >= 0.6 is 0 Å². The normalized spacial score (nSPS) is 14.2. The maximum Gasteiger partial charge on any atom is -0.00425 e. The number of nitrogens with two attached hydrogens (primary N) is 1. The fourth-order valence-corrected chi connectivity index (χ4v) is 2.02. The molecular formula is C16H23N. The van der Waals surface area contributed by atoms with E-state index in [0.717, 1.165) is 19.4 Å². The molecule has 0 bridgehead atoms. The van der Waals surface area contributed by atoms with Gasteiger partial charge in [0.25, 0.3) is 0 Å². The van der Waals surface area contributed by atoms with E-state index >= 15 is 0 Å². The standard InChI is InChI=1S/C16H23N/c1-3-8-14(4-2)11-16(13-17)12-15-9-6-5-7-10-15/h3-10,16H,11-13,17H2,1-2H3/b8-3-,14-4+. The first-order chi connectivity index (χ1) is 8.30. The van der Waals surface area contributed by atoms with Crippen molar-refractivity contribution in [3.63, 3.8) is 0 Å². The van der Waals surface area contributed by atoms with Crippen molar-refractivity contribution in [1.82, 2.24) is 0 Å². The summed E-state index contributed by atoms with van der Waals surface area (Å²) in [4.78, 5) is 0. The predicted molar refractivity (Wildman–Crippen MR) is 75.9 cm³/mol. The Morgan fingerprint density at radius 3 is 2.47 bits per heavy atom. The van der Waals surface area contributed by atoms with Crippen LogP contribution in [0.2, 0.25) is 0 Å². The quantitative estimate of drug-likeness (QED) is 0.739. The maximum absolute atomic E-state index is 5.87. The zero-order valence-corrected chi connectivity index (χ0v) is 10.9. The van der Waals surface area contributed by atoms with Crippen LogP contribution in [-0.2, 0) is 6.42 Å². The molecule has 1 nitrogen and oxygen atoms in total. The summed E-state index contributed by atoms with van der Waals surface area (Å²) in [5.74, 6) is 0.528. The van der Waals surface area contributed by atoms with Crippen molar-refractivity contribution in [1.29, 1.82) is 0 Å². The van der Waals surface area contributed by atoms with Gasteiger partial charge in [0.2, 0.25) is 0 Å². The van der Waals surface area contributed by atoms with E-state index in [4.69, 9.17) is 5.73 Å². The highest BCUT2D eigenvalue weighted by Crippen LogP contribution is 2.17. The molecule has 0 spiro atoms. The Bertz CT molecular complexity index is 362. The Hall–Kier alpha value is -1.34. The number of rotatable bonds is 6. The summed E-state index contributed by atoms with van der Waals surface area (Å²) in [5.41, 5.74) is 8.62. The topological polar surface area (TPSA) is 26.0 Å². The smallest absolute Gasteiger partial charge is 0.00425 e. The molecule has 1 aromatic carbocycles. The first-order valence-corrected chi connectivity index (χ1v) is 6.32. The third-order valence-corrected chi connectivity index (χ3v) is 2.98. The molecule has 0 aliphatic carbocycles. The molecule has 0 amide bonds. The summed E-state index contributed by atoms with van der Waals surface area (Å²) in [6, 6.07) is 10.6. The van der Waals surface area contributed by atoms with Gasteiger partial charge in [0.05, 0.1) is 0 Å². The van der Waals surface area contributed by atoms with Crippen LogP contribution in [0.25, 0.3) is 0 Å². The van der Waals surface area contributed by atoms with E-state index < -0.39 is 0 Å². The molecular weight excluding hydrogens is 206 g/mol. The zero-order valence-electron chi connectivity index (χ0n) is 10.9. The van der Waals surface area contributed by atoms with Gasteiger partial charge in [0.1, 0.15) is 0 Å². The molecule has 2 N–H and O–H groups in total. The first-order valence-electron chi connectivity index (χ1n) is 6.32. The highest BCUT2D eigenvalue weighted by Gasteiger charge is 2.08. The van der Waals surface area contributed by atoms with E-state index in [0.29, 0.717) is 5.92 Å². The van der Waals surface area contributed by atoms with E-state index in [9.17, 15) is 0 Å². The minimum absolute atomic E-state index is 0.528. The Balaban J connectivity index is 2.60. The van der Waals surface area contributed by atoms with Crippen molar-refractivity contribution in [3.05, 3.63) is 59.7 Å². The third kappa shape index (κ3) is 5.01. The van der Waals surface area contributed by atoms with Crippen LogP contribution in [0.5, 0.6) is 0 Å². The first kappa shape index (κ1) is 13.7. The summed E-state index contributed by atoms with van der Waals surface area (Å²) in [7, 11) is 0. The van der Waals surface area contributed by atoms with E-state index in [1.165, 1.54) is 11.1 Å². The molecule has 0 aliphatic heterocycles. The van der Waals surface area contributed by atoms with Crippen molar-refractivity contribution in [2.45, 2.75) is 26.7 Å². The Labute approximate surface area is 105 Å². The van der Waals surface area contributed by atoms with Crippen LogP contribution in [0, 0.1) is 5.92 Å². The molecule has 0 radical (unpaired) electrons. The number of allylic oxidation sites excluding steroid dienone is 4. The molecule has 1 atom stereocenters. The SMILES string of the molecule is C/C=C\C(=C/C)CC(CN)Cc1ccccc1. The van der Waals surface area contributed by atoms with Crippen molar-refractivity contribution in [2.75, 3.05) is 6.54 Å². The van der Waals surface area contributed by atoms with Crippen LogP contribution in [0.15, 0.2) is 54.1 Å². The number of benzene rings is 1. The lowest BCUT2D eigenvalue weighted by atomic mass is 9.92. The zero-order chi connectivity index (χ0) is 12.5. The van der Waals surface area contributed by atoms with Crippen molar-refractivity contribution in [3.8, 4) is 0 Å². The van der Waals surface area contributed by atoms with Gasteiger partial charge in [0.15, 0.2) is 0 Å². The third-order valence-electron chi connectivity index (χ3n) is 2.98. The molecule has 0 saturated carbocycles. The Morgan fingerprint density at radius 1 is 1.24 bits per heavy atom. The fourth-order valence-electron chi connectivity index (χ4n) is 2.02. The second-order valence-corrected chi connectivity index (χ2v) is 4.36. The second-order valence-electron chi connectivity index (χ2n) is 4.36. The molecule has 1 unspecified atom stereocenters. The van der Waals surface area contributed by atoms with Crippen LogP contribution in [-0.4, -0.2) is 6.54 Å². The monoisotopic (exact) mass is 229 g/mol. The Kier molecular flexibility index (Phi) is 6.34. The maximum atomic E-state index is 5.87. The Morgan fingerprint density at radius 2 is 1.94 bits per heavy atom. The highest BCUT2D eigenvalue weighted by atomic mass is 14.5. The van der Waals surface area contributed by atoms with Crippen molar-refractivity contribution < 1.29 is 0 Å². The van der Waals surface area contributed by atoms with Gasteiger partial charge in [0, 0.05) is 0 Å². The van der Waals surface area contributed by atoms with Gasteiger partial charge in [-0.1, -0.05) is 54.1 Å². The van der Waals surface area contributed by atoms with Crippen LogP contribution < -0.4 is 5.73 Å². The minimum atomic E-state index is 0.528. The van der Waals surface area contributed by atoms with E-state index in [2.05, 4.69) is 62.4 Å². The summed E-state index contributed by atoms with van der Waals surface area (Å²) >= 11 is 0. The lowest BCUT2D eigenvalue weighted by Crippen LogP contribution is -2.17. The van der Waals surface area contributed by atoms with Crippen molar-refractivity contribution in [2.24, 2.45) is 11.7 Å². The minimum Gasteiger partial charge on any atom is -0.330 e. The summed E-state index contributed by atoms with van der Waals surface area (Å²) in [6.07, 6.45) is 8.56. The largest absolute Gasteiger partial charge is 0.330 e.